The lowest BCUT2D eigenvalue weighted by Crippen LogP contribution is -2.29. The van der Waals surface area contributed by atoms with E-state index in [1.807, 2.05) is 61.0 Å². The van der Waals surface area contributed by atoms with Crippen LogP contribution in [0.1, 0.15) is 22.5 Å². The molecule has 0 saturated carbocycles. The smallest absolute Gasteiger partial charge is 0.316 e. The van der Waals surface area contributed by atoms with Crippen LogP contribution in [0.3, 0.4) is 0 Å². The molecule has 1 N–H and O–H groups in total. The Kier molecular flexibility index (Phi) is 7.09. The second-order valence-electron chi connectivity index (χ2n) is 7.47. The summed E-state index contributed by atoms with van der Waals surface area (Å²) in [5.41, 5.74) is 5.34. The quantitative estimate of drug-likeness (QED) is 0.298. The molecular formula is C24H24N4O4S. The average Bonchev–Trinajstić information content (AvgIpc) is 3.35. The Morgan fingerprint density at radius 2 is 1.85 bits per heavy atom. The van der Waals surface area contributed by atoms with E-state index in [-0.39, 0.29) is 18.3 Å². The standard InChI is InChI=1S/C24H24N4O4S/c1-16-19(17(2)28(27-16)13-18-8-4-3-5-9-18)12-25-22(29)14-31-23(30)15-33-24-26-20-10-6-7-11-21(20)32-24/h3-11H,12-15H2,1-2H3,(H,25,29). The number of aryl methyl sites for hydroxylation is 1. The van der Waals surface area contributed by atoms with Crippen molar-refractivity contribution in [2.24, 2.45) is 0 Å². The fourth-order valence-corrected chi connectivity index (χ4v) is 4.00. The molecule has 0 aliphatic carbocycles. The van der Waals surface area contributed by atoms with Gasteiger partial charge in [0.15, 0.2) is 12.2 Å². The molecule has 0 fully saturated rings. The zero-order valence-corrected chi connectivity index (χ0v) is 19.2. The summed E-state index contributed by atoms with van der Waals surface area (Å²) < 4.78 is 12.5. The molecule has 0 aliphatic rings. The van der Waals surface area contributed by atoms with E-state index in [2.05, 4.69) is 27.5 Å². The molecule has 8 nitrogen and oxygen atoms in total. The van der Waals surface area contributed by atoms with Crippen LogP contribution in [0.2, 0.25) is 0 Å². The molecule has 2 aromatic heterocycles. The van der Waals surface area contributed by atoms with Crippen LogP contribution in [0.5, 0.6) is 0 Å². The van der Waals surface area contributed by atoms with Crippen molar-refractivity contribution in [3.05, 3.63) is 77.1 Å². The second kappa shape index (κ2) is 10.4. The molecular weight excluding hydrogens is 440 g/mol. The summed E-state index contributed by atoms with van der Waals surface area (Å²) in [5.74, 6) is -0.879. The topological polar surface area (TPSA) is 99.2 Å². The molecule has 9 heteroatoms. The van der Waals surface area contributed by atoms with Crippen LogP contribution in [0, 0.1) is 13.8 Å². The zero-order chi connectivity index (χ0) is 23.2. The molecule has 1 amide bonds. The van der Waals surface area contributed by atoms with E-state index < -0.39 is 5.97 Å². The van der Waals surface area contributed by atoms with Gasteiger partial charge in [0.1, 0.15) is 11.3 Å². The van der Waals surface area contributed by atoms with Crippen molar-refractivity contribution >= 4 is 34.7 Å². The fraction of sp³-hybridized carbons (Fsp3) is 0.250. The number of hydrogen-bond acceptors (Lipinski definition) is 7. The van der Waals surface area contributed by atoms with Crippen molar-refractivity contribution in [1.29, 1.82) is 0 Å². The molecule has 170 valence electrons. The van der Waals surface area contributed by atoms with Crippen LogP contribution in [0.25, 0.3) is 11.1 Å². The molecule has 0 unspecified atom stereocenters. The number of nitrogens with zero attached hydrogens (tertiary/aromatic N) is 3. The maximum Gasteiger partial charge on any atom is 0.316 e. The lowest BCUT2D eigenvalue weighted by Gasteiger charge is -2.08. The SMILES string of the molecule is Cc1nn(Cc2ccccc2)c(C)c1CNC(=O)COC(=O)CSc1nc2ccccc2o1. The summed E-state index contributed by atoms with van der Waals surface area (Å²) in [6.07, 6.45) is 0. The summed E-state index contributed by atoms with van der Waals surface area (Å²) >= 11 is 1.13. The van der Waals surface area contributed by atoms with Gasteiger partial charge in [-0.2, -0.15) is 5.10 Å². The van der Waals surface area contributed by atoms with Gasteiger partial charge in [0.2, 0.25) is 0 Å². The van der Waals surface area contributed by atoms with Gasteiger partial charge >= 0.3 is 5.97 Å². The number of esters is 1. The summed E-state index contributed by atoms with van der Waals surface area (Å²) in [4.78, 5) is 28.5. The van der Waals surface area contributed by atoms with Crippen LogP contribution in [-0.2, 0) is 27.4 Å². The largest absolute Gasteiger partial charge is 0.455 e. The maximum absolute atomic E-state index is 12.2. The number of carbonyl (C=O) groups excluding carboxylic acids is 2. The molecule has 4 rings (SSSR count). The van der Waals surface area contributed by atoms with Gasteiger partial charge in [-0.1, -0.05) is 54.2 Å². The maximum atomic E-state index is 12.2. The van der Waals surface area contributed by atoms with Crippen molar-refractivity contribution < 1.29 is 18.7 Å². The van der Waals surface area contributed by atoms with Crippen LogP contribution < -0.4 is 5.32 Å². The second-order valence-corrected chi connectivity index (χ2v) is 8.39. The Labute approximate surface area is 195 Å². The third-order valence-electron chi connectivity index (χ3n) is 5.12. The molecule has 2 aromatic carbocycles. The molecule has 0 bridgehead atoms. The molecule has 0 spiro atoms. The first kappa shape index (κ1) is 22.6. The summed E-state index contributed by atoms with van der Waals surface area (Å²) in [5, 5.41) is 7.77. The van der Waals surface area contributed by atoms with Gasteiger partial charge in [0.25, 0.3) is 11.1 Å². The van der Waals surface area contributed by atoms with Crippen molar-refractivity contribution in [2.45, 2.75) is 32.2 Å². The number of amides is 1. The highest BCUT2D eigenvalue weighted by molar-refractivity contribution is 7.99. The van der Waals surface area contributed by atoms with Gasteiger partial charge in [-0.15, -0.1) is 0 Å². The van der Waals surface area contributed by atoms with E-state index in [0.29, 0.717) is 23.9 Å². The number of carbonyl (C=O) groups is 2. The number of para-hydroxylation sites is 2. The fourth-order valence-electron chi connectivity index (χ4n) is 3.36. The van der Waals surface area contributed by atoms with E-state index in [1.54, 1.807) is 0 Å². The Morgan fingerprint density at radius 1 is 1.09 bits per heavy atom. The minimum atomic E-state index is -0.513. The monoisotopic (exact) mass is 464 g/mol. The van der Waals surface area contributed by atoms with Gasteiger partial charge in [0.05, 0.1) is 12.2 Å². The number of benzene rings is 2. The summed E-state index contributed by atoms with van der Waals surface area (Å²) in [6.45, 7) is 4.54. The van der Waals surface area contributed by atoms with Crippen LogP contribution in [-0.4, -0.2) is 39.0 Å². The first-order valence-corrected chi connectivity index (χ1v) is 11.5. The molecule has 0 radical (unpaired) electrons. The molecule has 2 heterocycles. The predicted molar refractivity (Wildman–Crippen MR) is 125 cm³/mol. The minimum Gasteiger partial charge on any atom is -0.455 e. The summed E-state index contributed by atoms with van der Waals surface area (Å²) in [6, 6.07) is 17.4. The van der Waals surface area contributed by atoms with Gasteiger partial charge in [-0.05, 0) is 31.5 Å². The molecule has 33 heavy (non-hydrogen) atoms. The van der Waals surface area contributed by atoms with Crippen LogP contribution >= 0.6 is 11.8 Å². The van der Waals surface area contributed by atoms with Crippen molar-refractivity contribution in [3.63, 3.8) is 0 Å². The van der Waals surface area contributed by atoms with Crippen molar-refractivity contribution in [2.75, 3.05) is 12.4 Å². The lowest BCUT2D eigenvalue weighted by molar-refractivity contribution is -0.146. The normalized spacial score (nSPS) is 11.0. The predicted octanol–water partition coefficient (Wildman–Crippen LogP) is 3.64. The Hall–Kier alpha value is -3.59. The number of thioether (sulfide) groups is 1. The number of ether oxygens (including phenoxy) is 1. The van der Waals surface area contributed by atoms with E-state index >= 15 is 0 Å². The van der Waals surface area contributed by atoms with Crippen molar-refractivity contribution in [3.8, 4) is 0 Å². The molecule has 0 saturated heterocycles. The molecule has 0 atom stereocenters. The number of rotatable bonds is 9. The number of oxazole rings is 1. The Morgan fingerprint density at radius 3 is 2.64 bits per heavy atom. The number of hydrogen-bond donors (Lipinski definition) is 1. The van der Waals surface area contributed by atoms with Crippen molar-refractivity contribution in [1.82, 2.24) is 20.1 Å². The van der Waals surface area contributed by atoms with Crippen LogP contribution in [0.15, 0.2) is 64.2 Å². The van der Waals surface area contributed by atoms with Gasteiger partial charge in [-0.3, -0.25) is 14.3 Å². The van der Waals surface area contributed by atoms with E-state index in [9.17, 15) is 9.59 Å². The Balaban J connectivity index is 1.22. The summed E-state index contributed by atoms with van der Waals surface area (Å²) in [7, 11) is 0. The van der Waals surface area contributed by atoms with Crippen LogP contribution in [0.4, 0.5) is 0 Å². The van der Waals surface area contributed by atoms with E-state index in [0.717, 1.165) is 39.8 Å². The van der Waals surface area contributed by atoms with Gasteiger partial charge in [-0.25, -0.2) is 4.98 Å². The number of nitrogens with one attached hydrogen (secondary N) is 1. The highest BCUT2D eigenvalue weighted by Crippen LogP contribution is 2.23. The highest BCUT2D eigenvalue weighted by Gasteiger charge is 2.15. The average molecular weight is 465 g/mol. The first-order chi connectivity index (χ1) is 16.0. The van der Waals surface area contributed by atoms with E-state index in [4.69, 9.17) is 9.15 Å². The molecule has 4 aromatic rings. The lowest BCUT2D eigenvalue weighted by atomic mass is 10.2. The number of fused-ring (bicyclic) bond motifs is 1. The zero-order valence-electron chi connectivity index (χ0n) is 18.4. The third kappa shape index (κ3) is 5.81. The highest BCUT2D eigenvalue weighted by atomic mass is 32.2. The Bertz CT molecular complexity index is 1230. The van der Waals surface area contributed by atoms with Gasteiger partial charge < -0.3 is 14.5 Å². The van der Waals surface area contributed by atoms with Gasteiger partial charge in [0, 0.05) is 17.8 Å². The third-order valence-corrected chi connectivity index (χ3v) is 5.92. The van der Waals surface area contributed by atoms with E-state index in [1.165, 1.54) is 0 Å². The number of aromatic nitrogens is 3. The molecule has 0 aliphatic heterocycles. The minimum absolute atomic E-state index is 0.00454. The first-order valence-electron chi connectivity index (χ1n) is 10.5.